The van der Waals surface area contributed by atoms with E-state index in [4.69, 9.17) is 10.8 Å². The summed E-state index contributed by atoms with van der Waals surface area (Å²) < 4.78 is 1.87. The maximum atomic E-state index is 13.0. The molecule has 1 saturated heterocycles. The molecule has 0 bridgehead atoms. The fraction of sp³-hybridized carbons (Fsp3) is 0.375. The van der Waals surface area contributed by atoms with Crippen LogP contribution in [-0.4, -0.2) is 79.1 Å². The molecule has 3 aromatic heterocycles. The van der Waals surface area contributed by atoms with E-state index in [1.165, 1.54) is 19.2 Å². The average molecular weight is 580 g/mol. The summed E-state index contributed by atoms with van der Waals surface area (Å²) in [6.45, 7) is 6.15. The fourth-order valence-corrected chi connectivity index (χ4v) is 5.53. The molecule has 43 heavy (non-hydrogen) atoms. The normalized spacial score (nSPS) is 17.0. The van der Waals surface area contributed by atoms with Crippen molar-refractivity contribution in [1.82, 2.24) is 34.5 Å². The van der Waals surface area contributed by atoms with Gasteiger partial charge < -0.3 is 16.0 Å². The topological polar surface area (TPSA) is 135 Å². The zero-order valence-corrected chi connectivity index (χ0v) is 24.8. The third kappa shape index (κ3) is 6.12. The van der Waals surface area contributed by atoms with E-state index < -0.39 is 0 Å². The monoisotopic (exact) mass is 579 g/mol. The van der Waals surface area contributed by atoms with E-state index in [1.807, 2.05) is 39.9 Å². The van der Waals surface area contributed by atoms with Gasteiger partial charge in [-0.05, 0) is 62.1 Å². The van der Waals surface area contributed by atoms with Crippen LogP contribution in [0.5, 0.6) is 0 Å². The molecule has 6 rings (SSSR count). The Kier molecular flexibility index (Phi) is 7.90. The van der Waals surface area contributed by atoms with Crippen molar-refractivity contribution in [2.75, 3.05) is 37.7 Å². The van der Waals surface area contributed by atoms with Crippen LogP contribution in [0, 0.1) is 0 Å². The summed E-state index contributed by atoms with van der Waals surface area (Å²) in [5, 5.41) is 8.47. The molecule has 4 heterocycles. The molecule has 0 spiro atoms. The van der Waals surface area contributed by atoms with Crippen LogP contribution in [-0.2, 0) is 4.79 Å². The highest BCUT2D eigenvalue weighted by Crippen LogP contribution is 2.34. The van der Waals surface area contributed by atoms with E-state index in [2.05, 4.69) is 46.1 Å². The van der Waals surface area contributed by atoms with Gasteiger partial charge in [-0.2, -0.15) is 5.10 Å². The quantitative estimate of drug-likeness (QED) is 0.281. The molecule has 11 heteroatoms. The molecule has 11 nitrogen and oxygen atoms in total. The first kappa shape index (κ1) is 28.5. The van der Waals surface area contributed by atoms with Crippen LogP contribution in [0.2, 0.25) is 0 Å². The maximum absolute atomic E-state index is 13.0. The predicted molar refractivity (Wildman–Crippen MR) is 166 cm³/mol. The molecule has 2 fully saturated rings. The lowest BCUT2D eigenvalue weighted by Gasteiger charge is -2.16. The second-order valence-electron chi connectivity index (χ2n) is 11.7. The number of nitrogen functional groups attached to an aromatic ring is 1. The minimum atomic E-state index is -0.248. The van der Waals surface area contributed by atoms with E-state index in [-0.39, 0.29) is 17.9 Å². The van der Waals surface area contributed by atoms with Crippen molar-refractivity contribution in [2.24, 2.45) is 0 Å². The Morgan fingerprint density at radius 3 is 2.65 bits per heavy atom. The number of fused-ring (bicyclic) bond motifs is 1. The lowest BCUT2D eigenvalue weighted by Crippen LogP contribution is -2.28. The van der Waals surface area contributed by atoms with Gasteiger partial charge in [-0.3, -0.25) is 14.5 Å². The molecule has 0 radical (unpaired) electrons. The zero-order valence-electron chi connectivity index (χ0n) is 24.8. The van der Waals surface area contributed by atoms with Crippen molar-refractivity contribution in [3.05, 3.63) is 72.2 Å². The number of carbonyl (C=O) groups excluding carboxylic acids is 2. The number of aromatic nitrogens is 5. The Balaban J connectivity index is 1.19. The summed E-state index contributed by atoms with van der Waals surface area (Å²) in [7, 11) is 2.10. The van der Waals surface area contributed by atoms with Crippen molar-refractivity contribution in [2.45, 2.75) is 51.1 Å². The molecule has 1 saturated carbocycles. The Hall–Kier alpha value is -4.64. The van der Waals surface area contributed by atoms with Gasteiger partial charge in [0.2, 0.25) is 5.91 Å². The number of amides is 2. The lowest BCUT2D eigenvalue weighted by atomic mass is 10.0. The molecule has 1 unspecified atom stereocenters. The lowest BCUT2D eigenvalue weighted by molar-refractivity contribution is -0.125. The first-order valence-electron chi connectivity index (χ1n) is 14.8. The summed E-state index contributed by atoms with van der Waals surface area (Å²) in [6, 6.07) is 11.7. The van der Waals surface area contributed by atoms with Crippen molar-refractivity contribution < 1.29 is 9.59 Å². The Morgan fingerprint density at radius 2 is 1.91 bits per heavy atom. The van der Waals surface area contributed by atoms with Gasteiger partial charge in [-0.15, -0.1) is 0 Å². The molecule has 2 aliphatic rings. The molecule has 1 atom stereocenters. The average Bonchev–Trinajstić information content (AvgIpc) is 3.61. The number of likely N-dealkylation sites (tertiary alicyclic amines) is 1. The van der Waals surface area contributed by atoms with Crippen LogP contribution in [0.25, 0.3) is 22.3 Å². The third-order valence-electron chi connectivity index (χ3n) is 8.28. The summed E-state index contributed by atoms with van der Waals surface area (Å²) in [5.41, 5.74) is 9.98. The number of nitrogens with one attached hydrogen (secondary N) is 1. The number of carbonyl (C=O) groups is 2. The number of hydrogen-bond acceptors (Lipinski definition) is 8. The zero-order chi connectivity index (χ0) is 30.1. The maximum Gasteiger partial charge on any atom is 0.256 e. The van der Waals surface area contributed by atoms with Gasteiger partial charge in [0.1, 0.15) is 23.7 Å². The van der Waals surface area contributed by atoms with Gasteiger partial charge in [-0.25, -0.2) is 19.6 Å². The molecular weight excluding hydrogens is 542 g/mol. The highest BCUT2D eigenvalue weighted by Gasteiger charge is 2.30. The SMILES string of the molecule is CC(C)c1ccnc(NC(=O)c2ccc(-c3nn(C4CCN(C(=O)C=CCN(C)C5CC5)C4)c4ncnc(N)c34)cc2)c1. The molecule has 222 valence electrons. The standard InChI is InChI=1S/C32H37N9O2/c1-20(2)23-12-14-34-26(17-23)37-32(43)22-8-6-21(7-9-22)29-28-30(33)35-19-36-31(28)41(38-29)25-13-16-40(18-25)27(42)5-4-15-39(3)24-10-11-24/h4-9,12,14,17,19-20,24-25H,10-11,13,15-16,18H2,1-3H3,(H2,33,35,36)(H,34,37,43). The third-order valence-corrected chi connectivity index (χ3v) is 8.28. The summed E-state index contributed by atoms with van der Waals surface area (Å²) in [4.78, 5) is 43.0. The van der Waals surface area contributed by atoms with Gasteiger partial charge in [0.05, 0.1) is 11.4 Å². The smallest absolute Gasteiger partial charge is 0.256 e. The molecule has 1 aromatic carbocycles. The largest absolute Gasteiger partial charge is 0.383 e. The van der Waals surface area contributed by atoms with Gasteiger partial charge in [0, 0.05) is 49.1 Å². The molecule has 4 aromatic rings. The molecule has 1 aliphatic heterocycles. The van der Waals surface area contributed by atoms with Gasteiger partial charge in [0.25, 0.3) is 5.91 Å². The summed E-state index contributed by atoms with van der Waals surface area (Å²) in [6.07, 6.45) is 10.0. The van der Waals surface area contributed by atoms with E-state index >= 15 is 0 Å². The number of benzene rings is 1. The van der Waals surface area contributed by atoms with Crippen molar-refractivity contribution >= 4 is 34.5 Å². The Labute approximate surface area is 250 Å². The van der Waals surface area contributed by atoms with E-state index in [9.17, 15) is 9.59 Å². The second kappa shape index (κ2) is 11.9. The molecule has 3 N–H and O–H groups in total. The molecule has 1 aliphatic carbocycles. The van der Waals surface area contributed by atoms with Crippen molar-refractivity contribution in [3.8, 4) is 11.3 Å². The van der Waals surface area contributed by atoms with Gasteiger partial charge >= 0.3 is 0 Å². The Morgan fingerprint density at radius 1 is 1.12 bits per heavy atom. The van der Waals surface area contributed by atoms with Crippen LogP contribution < -0.4 is 11.1 Å². The number of pyridine rings is 1. The summed E-state index contributed by atoms with van der Waals surface area (Å²) in [5.74, 6) is 0.940. The molecular formula is C32H37N9O2. The van der Waals surface area contributed by atoms with E-state index in [1.54, 1.807) is 24.4 Å². The first-order valence-corrected chi connectivity index (χ1v) is 14.8. The highest BCUT2D eigenvalue weighted by atomic mass is 16.2. The van der Waals surface area contributed by atoms with Crippen LogP contribution in [0.4, 0.5) is 11.6 Å². The highest BCUT2D eigenvalue weighted by molar-refractivity contribution is 6.04. The number of nitrogens with two attached hydrogens (primary N) is 1. The van der Waals surface area contributed by atoms with Crippen LogP contribution >= 0.6 is 0 Å². The van der Waals surface area contributed by atoms with E-state index in [0.717, 1.165) is 24.1 Å². The van der Waals surface area contributed by atoms with Gasteiger partial charge in [0.15, 0.2) is 5.65 Å². The Bertz CT molecular complexity index is 1670. The van der Waals surface area contributed by atoms with Crippen molar-refractivity contribution in [1.29, 1.82) is 0 Å². The van der Waals surface area contributed by atoms with Gasteiger partial charge in [-0.1, -0.05) is 32.1 Å². The number of nitrogens with zero attached hydrogens (tertiary/aromatic N) is 7. The number of rotatable bonds is 9. The number of hydrogen-bond donors (Lipinski definition) is 2. The summed E-state index contributed by atoms with van der Waals surface area (Å²) >= 11 is 0. The number of likely N-dealkylation sites (N-methyl/N-ethyl adjacent to an activating group) is 1. The van der Waals surface area contributed by atoms with E-state index in [0.29, 0.717) is 59.0 Å². The first-order chi connectivity index (χ1) is 20.8. The molecule has 2 amide bonds. The number of anilines is 2. The van der Waals surface area contributed by atoms with Crippen LogP contribution in [0.1, 0.15) is 61.0 Å². The second-order valence-corrected chi connectivity index (χ2v) is 11.7. The van der Waals surface area contributed by atoms with Crippen LogP contribution in [0.15, 0.2) is 61.1 Å². The fourth-order valence-electron chi connectivity index (χ4n) is 5.53. The minimum Gasteiger partial charge on any atom is -0.383 e. The predicted octanol–water partition coefficient (Wildman–Crippen LogP) is 4.27. The van der Waals surface area contributed by atoms with Crippen LogP contribution in [0.3, 0.4) is 0 Å². The minimum absolute atomic E-state index is 0.0116. The van der Waals surface area contributed by atoms with Crippen molar-refractivity contribution in [3.63, 3.8) is 0 Å².